The van der Waals surface area contributed by atoms with E-state index in [4.69, 9.17) is 11.5 Å². The molecule has 0 aliphatic carbocycles. The number of hydrogen-bond acceptors (Lipinski definition) is 8. The lowest BCUT2D eigenvalue weighted by Crippen LogP contribution is -2.58. The average Bonchev–Trinajstić information content (AvgIpc) is 3.34. The number of primary amides is 1. The standard InChI is InChI=1S/C27H32N6O7S/c28-18(10-15-12-30-19-4-2-1-3-17(15)19)24(36)31-20(9-14-5-7-16(34)8-6-14)25(37)33-22(13-41)26(38)32-21(27(39)40)11-23(29)35/h1-8,12,18,20-22,30,34,41H,9-11,13,28H2,(H2,29,35)(H,31,36)(H,32,38)(H,33,37)(H,39,40). The zero-order valence-electron chi connectivity index (χ0n) is 21.9. The van der Waals surface area contributed by atoms with Crippen molar-refractivity contribution in [3.8, 4) is 5.75 Å². The van der Waals surface area contributed by atoms with Crippen molar-refractivity contribution in [2.45, 2.75) is 43.4 Å². The number of aliphatic carboxylic acids is 1. The van der Waals surface area contributed by atoms with Crippen LogP contribution in [0.5, 0.6) is 5.75 Å². The van der Waals surface area contributed by atoms with Gasteiger partial charge in [-0.05, 0) is 35.7 Å². The maximum absolute atomic E-state index is 13.3. The Kier molecular flexibility index (Phi) is 10.7. The summed E-state index contributed by atoms with van der Waals surface area (Å²) in [5.74, 6) is -4.92. The number of aromatic nitrogens is 1. The molecule has 1 heterocycles. The summed E-state index contributed by atoms with van der Waals surface area (Å²) in [6, 6.07) is 8.38. The van der Waals surface area contributed by atoms with Crippen LogP contribution in [0.15, 0.2) is 54.7 Å². The smallest absolute Gasteiger partial charge is 0.326 e. The summed E-state index contributed by atoms with van der Waals surface area (Å²) in [4.78, 5) is 64.8. The van der Waals surface area contributed by atoms with Crippen molar-refractivity contribution in [1.82, 2.24) is 20.9 Å². The van der Waals surface area contributed by atoms with Gasteiger partial charge in [0.15, 0.2) is 0 Å². The molecule has 0 saturated heterocycles. The van der Waals surface area contributed by atoms with Gasteiger partial charge in [0.2, 0.25) is 23.6 Å². The molecule has 3 aromatic rings. The number of aromatic amines is 1. The number of fused-ring (bicyclic) bond motifs is 1. The molecule has 1 aromatic heterocycles. The first-order valence-electron chi connectivity index (χ1n) is 12.6. The van der Waals surface area contributed by atoms with Gasteiger partial charge in [-0.2, -0.15) is 12.6 Å². The van der Waals surface area contributed by atoms with Gasteiger partial charge in [-0.15, -0.1) is 0 Å². The lowest BCUT2D eigenvalue weighted by Gasteiger charge is -2.24. The number of hydrogen-bond donors (Lipinski definition) is 9. The summed E-state index contributed by atoms with van der Waals surface area (Å²) in [6.07, 6.45) is 1.28. The van der Waals surface area contributed by atoms with Gasteiger partial charge in [-0.3, -0.25) is 19.2 Å². The molecule has 10 N–H and O–H groups in total. The van der Waals surface area contributed by atoms with Crippen LogP contribution in [0.1, 0.15) is 17.5 Å². The zero-order chi connectivity index (χ0) is 30.1. The van der Waals surface area contributed by atoms with Gasteiger partial charge in [-0.1, -0.05) is 30.3 Å². The number of carbonyl (C=O) groups is 5. The van der Waals surface area contributed by atoms with Crippen molar-refractivity contribution >= 4 is 53.1 Å². The predicted octanol–water partition coefficient (Wildman–Crippen LogP) is -0.670. The van der Waals surface area contributed by atoms with E-state index < -0.39 is 60.2 Å². The number of para-hydroxylation sites is 1. The number of nitrogens with two attached hydrogens (primary N) is 2. The van der Waals surface area contributed by atoms with E-state index in [1.54, 1.807) is 18.3 Å². The predicted molar refractivity (Wildman–Crippen MR) is 153 cm³/mol. The normalized spacial score (nSPS) is 13.9. The Balaban J connectivity index is 1.74. The van der Waals surface area contributed by atoms with E-state index in [1.165, 1.54) is 12.1 Å². The minimum absolute atomic E-state index is 0.00953. The second-order valence-corrected chi connectivity index (χ2v) is 9.78. The number of benzene rings is 2. The van der Waals surface area contributed by atoms with Gasteiger partial charge in [0, 0.05) is 29.3 Å². The molecule has 0 bridgehead atoms. The molecule has 41 heavy (non-hydrogen) atoms. The van der Waals surface area contributed by atoms with Crippen LogP contribution in [0.25, 0.3) is 10.9 Å². The van der Waals surface area contributed by atoms with E-state index >= 15 is 0 Å². The van der Waals surface area contributed by atoms with Gasteiger partial charge in [0.25, 0.3) is 0 Å². The fourth-order valence-electron chi connectivity index (χ4n) is 4.13. The Hall–Kier alpha value is -4.56. The molecule has 3 rings (SSSR count). The van der Waals surface area contributed by atoms with E-state index in [0.717, 1.165) is 16.5 Å². The van der Waals surface area contributed by atoms with Crippen molar-refractivity contribution in [3.63, 3.8) is 0 Å². The lowest BCUT2D eigenvalue weighted by molar-refractivity contribution is -0.143. The number of H-pyrrole nitrogens is 1. The average molecular weight is 585 g/mol. The van der Waals surface area contributed by atoms with Crippen LogP contribution in [-0.4, -0.2) is 74.7 Å². The molecule has 0 fully saturated rings. The Morgan fingerprint density at radius 3 is 2.10 bits per heavy atom. The second kappa shape index (κ2) is 14.2. The monoisotopic (exact) mass is 584 g/mol. The highest BCUT2D eigenvalue weighted by atomic mass is 32.1. The largest absolute Gasteiger partial charge is 0.508 e. The Labute approximate surface area is 240 Å². The third-order valence-electron chi connectivity index (χ3n) is 6.30. The van der Waals surface area contributed by atoms with Crippen molar-refractivity contribution in [2.75, 3.05) is 5.75 Å². The third-order valence-corrected chi connectivity index (χ3v) is 6.66. The molecule has 0 saturated carbocycles. The number of nitrogens with one attached hydrogen (secondary N) is 4. The maximum Gasteiger partial charge on any atom is 0.326 e. The quantitative estimate of drug-likeness (QED) is 0.110. The topological polar surface area (TPSA) is 230 Å². The highest BCUT2D eigenvalue weighted by Gasteiger charge is 2.30. The Bertz CT molecular complexity index is 1410. The zero-order valence-corrected chi connectivity index (χ0v) is 22.8. The molecule has 0 aliphatic heterocycles. The number of phenols is 1. The summed E-state index contributed by atoms with van der Waals surface area (Å²) in [6.45, 7) is 0. The van der Waals surface area contributed by atoms with Crippen LogP contribution in [0.2, 0.25) is 0 Å². The van der Waals surface area contributed by atoms with Gasteiger partial charge >= 0.3 is 5.97 Å². The molecule has 4 unspecified atom stereocenters. The number of amides is 4. The van der Waals surface area contributed by atoms with Crippen LogP contribution < -0.4 is 27.4 Å². The molecule has 14 heteroatoms. The second-order valence-electron chi connectivity index (χ2n) is 9.42. The number of carbonyl (C=O) groups excluding carboxylic acids is 4. The molecule has 13 nitrogen and oxygen atoms in total. The van der Waals surface area contributed by atoms with E-state index in [-0.39, 0.29) is 24.3 Å². The van der Waals surface area contributed by atoms with E-state index in [9.17, 15) is 34.2 Å². The molecule has 218 valence electrons. The summed E-state index contributed by atoms with van der Waals surface area (Å²) in [5, 5.41) is 27.0. The number of thiol groups is 1. The van der Waals surface area contributed by atoms with Crippen molar-refractivity contribution in [2.24, 2.45) is 11.5 Å². The summed E-state index contributed by atoms with van der Waals surface area (Å²) in [5.41, 5.74) is 13.5. The van der Waals surface area contributed by atoms with Gasteiger partial charge in [0.05, 0.1) is 12.5 Å². The van der Waals surface area contributed by atoms with Gasteiger partial charge in [-0.25, -0.2) is 4.79 Å². The number of rotatable bonds is 14. The number of carboxylic acids is 1. The van der Waals surface area contributed by atoms with Crippen LogP contribution in [-0.2, 0) is 36.8 Å². The van der Waals surface area contributed by atoms with Crippen LogP contribution in [0.4, 0.5) is 0 Å². The molecule has 0 aliphatic rings. The summed E-state index contributed by atoms with van der Waals surface area (Å²) >= 11 is 4.08. The molecular formula is C27H32N6O7S. The molecule has 4 atom stereocenters. The first kappa shape index (κ1) is 31.0. The third kappa shape index (κ3) is 8.71. The Morgan fingerprint density at radius 2 is 1.46 bits per heavy atom. The van der Waals surface area contributed by atoms with Gasteiger partial charge < -0.3 is 42.6 Å². The number of carboxylic acid groups (broad SMARTS) is 1. The minimum Gasteiger partial charge on any atom is -0.508 e. The van der Waals surface area contributed by atoms with Crippen molar-refractivity contribution in [3.05, 3.63) is 65.9 Å². The summed E-state index contributed by atoms with van der Waals surface area (Å²) < 4.78 is 0. The van der Waals surface area contributed by atoms with Crippen LogP contribution in [0.3, 0.4) is 0 Å². The highest BCUT2D eigenvalue weighted by Crippen LogP contribution is 2.19. The first-order chi connectivity index (χ1) is 19.5. The maximum atomic E-state index is 13.3. The van der Waals surface area contributed by atoms with E-state index in [0.29, 0.717) is 5.56 Å². The number of aromatic hydroxyl groups is 1. The SMILES string of the molecule is NC(=O)CC(NC(=O)C(CS)NC(=O)C(Cc1ccc(O)cc1)NC(=O)C(N)Cc1c[nH]c2ccccc12)C(=O)O. The molecule has 2 aromatic carbocycles. The lowest BCUT2D eigenvalue weighted by atomic mass is 10.0. The highest BCUT2D eigenvalue weighted by molar-refractivity contribution is 7.80. The van der Waals surface area contributed by atoms with E-state index in [1.807, 2.05) is 24.3 Å². The first-order valence-corrected chi connectivity index (χ1v) is 13.2. The summed E-state index contributed by atoms with van der Waals surface area (Å²) in [7, 11) is 0. The fraction of sp³-hybridized carbons (Fsp3) is 0.296. The number of phenolic OH excluding ortho intramolecular Hbond substituents is 1. The minimum atomic E-state index is -1.60. The van der Waals surface area contributed by atoms with Crippen LogP contribution in [0, 0.1) is 0 Å². The van der Waals surface area contributed by atoms with Crippen molar-refractivity contribution in [1.29, 1.82) is 0 Å². The molecular weight excluding hydrogens is 552 g/mol. The molecule has 4 amide bonds. The molecule has 0 radical (unpaired) electrons. The van der Waals surface area contributed by atoms with Crippen molar-refractivity contribution < 1.29 is 34.2 Å². The van der Waals surface area contributed by atoms with Gasteiger partial charge in [0.1, 0.15) is 23.9 Å². The van der Waals surface area contributed by atoms with E-state index in [2.05, 4.69) is 33.6 Å². The Morgan fingerprint density at radius 1 is 0.854 bits per heavy atom. The van der Waals surface area contributed by atoms with Crippen LogP contribution >= 0.6 is 12.6 Å². The fourth-order valence-corrected chi connectivity index (χ4v) is 4.38. The molecule has 0 spiro atoms.